The predicted molar refractivity (Wildman–Crippen MR) is 88.7 cm³/mol. The zero-order valence-electron chi connectivity index (χ0n) is 14.3. The topological polar surface area (TPSA) is 85.6 Å². The van der Waals surface area contributed by atoms with Crippen molar-refractivity contribution in [2.75, 3.05) is 0 Å². The molecule has 2 atom stereocenters. The Balaban J connectivity index is 2.19. The Morgan fingerprint density at radius 1 is 1.21 bits per heavy atom. The highest BCUT2D eigenvalue weighted by atomic mass is 31.2. The van der Waals surface area contributed by atoms with Crippen molar-refractivity contribution < 1.29 is 23.1 Å². The van der Waals surface area contributed by atoms with E-state index in [-0.39, 0.29) is 18.6 Å². The van der Waals surface area contributed by atoms with Gasteiger partial charge in [0.1, 0.15) is 6.10 Å². The fourth-order valence-corrected chi connectivity index (χ4v) is 4.82. The maximum atomic E-state index is 13.2. The molecule has 1 aromatic carbocycles. The second-order valence-corrected chi connectivity index (χ2v) is 8.52. The van der Waals surface area contributed by atoms with Crippen LogP contribution < -0.4 is 0 Å². The van der Waals surface area contributed by atoms with E-state index in [9.17, 15) is 14.6 Å². The van der Waals surface area contributed by atoms with E-state index < -0.39 is 24.8 Å². The molecular formula is C17H22NO5P. The third kappa shape index (κ3) is 3.70. The minimum Gasteiger partial charge on any atom is -0.456 e. The van der Waals surface area contributed by atoms with E-state index in [0.29, 0.717) is 5.56 Å². The van der Waals surface area contributed by atoms with Gasteiger partial charge in [-0.25, -0.2) is 4.79 Å². The van der Waals surface area contributed by atoms with E-state index in [2.05, 4.69) is 0 Å². The SMILES string of the molecule is CC(C)OP(=O)(OC(C)C)[C@@]1(C#N)C[C@@H]1OC(=O)c1ccccc1. The standard InChI is InChI=1S/C17H22NO5P/c1-12(2)22-24(20,23-13(3)4)17(11-18)10-15(17)21-16(19)14-8-6-5-7-9-14/h5-9,12-13,15H,10H2,1-4H3/t15-,17+/m0/s1. The predicted octanol–water partition coefficient (Wildman–Crippen LogP) is 3.92. The molecule has 1 aliphatic rings. The van der Waals surface area contributed by atoms with E-state index in [1.807, 2.05) is 6.07 Å². The van der Waals surface area contributed by atoms with E-state index in [1.54, 1.807) is 58.0 Å². The average Bonchev–Trinajstić information content (AvgIpc) is 3.21. The quantitative estimate of drug-likeness (QED) is 0.547. The lowest BCUT2D eigenvalue weighted by molar-refractivity contribution is 0.0455. The highest BCUT2D eigenvalue weighted by Crippen LogP contribution is 2.72. The van der Waals surface area contributed by atoms with Crippen LogP contribution in [0.2, 0.25) is 0 Å². The van der Waals surface area contributed by atoms with Gasteiger partial charge in [-0.05, 0) is 39.8 Å². The fourth-order valence-electron chi connectivity index (χ4n) is 2.37. The average molecular weight is 351 g/mol. The molecule has 0 bridgehead atoms. The summed E-state index contributed by atoms with van der Waals surface area (Å²) in [5.41, 5.74) is 0.376. The van der Waals surface area contributed by atoms with Crippen LogP contribution in [0.4, 0.5) is 0 Å². The van der Waals surface area contributed by atoms with Gasteiger partial charge in [0.15, 0.2) is 5.16 Å². The first kappa shape index (κ1) is 18.7. The van der Waals surface area contributed by atoms with Gasteiger partial charge < -0.3 is 13.8 Å². The number of esters is 1. The zero-order valence-corrected chi connectivity index (χ0v) is 15.2. The fraction of sp³-hybridized carbons (Fsp3) is 0.529. The highest BCUT2D eigenvalue weighted by molar-refractivity contribution is 7.56. The van der Waals surface area contributed by atoms with Crippen molar-refractivity contribution in [1.82, 2.24) is 0 Å². The summed E-state index contributed by atoms with van der Waals surface area (Å²) >= 11 is 0. The summed E-state index contributed by atoms with van der Waals surface area (Å²) < 4.78 is 29.6. The molecule has 6 nitrogen and oxygen atoms in total. The molecule has 0 heterocycles. The molecule has 7 heteroatoms. The van der Waals surface area contributed by atoms with Crippen LogP contribution in [0, 0.1) is 11.3 Å². The van der Waals surface area contributed by atoms with E-state index in [1.165, 1.54) is 0 Å². The first-order chi connectivity index (χ1) is 11.2. The van der Waals surface area contributed by atoms with Gasteiger partial charge in [-0.3, -0.25) is 4.57 Å². The summed E-state index contributed by atoms with van der Waals surface area (Å²) in [5.74, 6) is -0.557. The van der Waals surface area contributed by atoms with Crippen LogP contribution >= 0.6 is 7.60 Å². The largest absolute Gasteiger partial charge is 0.456 e. The summed E-state index contributed by atoms with van der Waals surface area (Å²) in [6, 6.07) is 10.5. The van der Waals surface area contributed by atoms with Crippen molar-refractivity contribution in [2.24, 2.45) is 0 Å². The third-order valence-corrected chi connectivity index (χ3v) is 6.46. The lowest BCUT2D eigenvalue weighted by Crippen LogP contribution is -2.24. The maximum absolute atomic E-state index is 13.2. The zero-order chi connectivity index (χ0) is 18.0. The Kier molecular flexibility index (Phi) is 5.49. The van der Waals surface area contributed by atoms with Crippen LogP contribution in [0.5, 0.6) is 0 Å². The number of rotatable bonds is 7. The molecule has 0 aliphatic heterocycles. The van der Waals surface area contributed by atoms with Crippen molar-refractivity contribution in [2.45, 2.75) is 57.6 Å². The van der Waals surface area contributed by atoms with Crippen molar-refractivity contribution in [1.29, 1.82) is 5.26 Å². The number of benzene rings is 1. The van der Waals surface area contributed by atoms with Gasteiger partial charge in [0.2, 0.25) is 0 Å². The number of nitrogens with zero attached hydrogens (tertiary/aromatic N) is 1. The van der Waals surface area contributed by atoms with Crippen molar-refractivity contribution in [3.63, 3.8) is 0 Å². The molecule has 130 valence electrons. The molecule has 0 N–H and O–H groups in total. The van der Waals surface area contributed by atoms with Crippen LogP contribution in [0.3, 0.4) is 0 Å². The first-order valence-corrected chi connectivity index (χ1v) is 9.42. The lowest BCUT2D eigenvalue weighted by Gasteiger charge is -2.26. The van der Waals surface area contributed by atoms with E-state index >= 15 is 0 Å². The van der Waals surface area contributed by atoms with E-state index in [0.717, 1.165) is 0 Å². The second-order valence-electron chi connectivity index (χ2n) is 6.31. The molecule has 1 saturated carbocycles. The van der Waals surface area contributed by atoms with Gasteiger partial charge in [-0.15, -0.1) is 0 Å². The van der Waals surface area contributed by atoms with Crippen molar-refractivity contribution in [3.05, 3.63) is 35.9 Å². The summed E-state index contributed by atoms with van der Waals surface area (Å²) in [7, 11) is -3.77. The van der Waals surface area contributed by atoms with Gasteiger partial charge in [-0.1, -0.05) is 18.2 Å². The van der Waals surface area contributed by atoms with Gasteiger partial charge in [0.05, 0.1) is 23.8 Å². The normalized spacial score (nSPS) is 23.1. The van der Waals surface area contributed by atoms with E-state index in [4.69, 9.17) is 13.8 Å². The molecule has 1 aliphatic carbocycles. The third-order valence-electron chi connectivity index (χ3n) is 3.51. The Labute approximate surface area is 142 Å². The second kappa shape index (κ2) is 7.06. The minimum absolute atomic E-state index is 0.138. The molecular weight excluding hydrogens is 329 g/mol. The Bertz CT molecular complexity index is 668. The molecule has 0 spiro atoms. The first-order valence-electron chi connectivity index (χ1n) is 7.88. The number of nitriles is 1. The monoisotopic (exact) mass is 351 g/mol. The Morgan fingerprint density at radius 2 is 1.75 bits per heavy atom. The van der Waals surface area contributed by atoms with Crippen LogP contribution in [0.25, 0.3) is 0 Å². The summed E-state index contributed by atoms with van der Waals surface area (Å²) in [4.78, 5) is 12.2. The summed E-state index contributed by atoms with van der Waals surface area (Å²) in [5, 5.41) is 8.16. The molecule has 0 saturated heterocycles. The lowest BCUT2D eigenvalue weighted by atomic mass is 10.2. The molecule has 0 amide bonds. The molecule has 24 heavy (non-hydrogen) atoms. The van der Waals surface area contributed by atoms with Crippen LogP contribution in [0.1, 0.15) is 44.5 Å². The summed E-state index contributed by atoms with van der Waals surface area (Å²) in [6.07, 6.45) is -1.44. The van der Waals surface area contributed by atoms with Gasteiger partial charge >= 0.3 is 13.6 Å². The number of ether oxygens (including phenoxy) is 1. The molecule has 0 radical (unpaired) electrons. The molecule has 2 rings (SSSR count). The van der Waals surface area contributed by atoms with Crippen molar-refractivity contribution >= 4 is 13.6 Å². The molecule has 1 fully saturated rings. The number of carbonyl (C=O) groups excluding carboxylic acids is 1. The molecule has 1 aromatic rings. The molecule has 0 aromatic heterocycles. The maximum Gasteiger partial charge on any atom is 0.355 e. The van der Waals surface area contributed by atoms with Crippen LogP contribution in [-0.4, -0.2) is 29.4 Å². The van der Waals surface area contributed by atoms with Crippen LogP contribution in [-0.2, 0) is 18.3 Å². The van der Waals surface area contributed by atoms with Gasteiger partial charge in [-0.2, -0.15) is 5.26 Å². The number of carbonyl (C=O) groups is 1. The Hall–Kier alpha value is -1.67. The van der Waals surface area contributed by atoms with Gasteiger partial charge in [0, 0.05) is 6.42 Å². The highest BCUT2D eigenvalue weighted by Gasteiger charge is 2.72. The van der Waals surface area contributed by atoms with Gasteiger partial charge in [0.25, 0.3) is 0 Å². The Morgan fingerprint density at radius 3 is 2.21 bits per heavy atom. The minimum atomic E-state index is -3.77. The number of hydrogen-bond donors (Lipinski definition) is 0. The van der Waals surface area contributed by atoms with Crippen molar-refractivity contribution in [3.8, 4) is 6.07 Å². The number of hydrogen-bond acceptors (Lipinski definition) is 6. The molecule has 0 unspecified atom stereocenters. The summed E-state index contributed by atoms with van der Waals surface area (Å²) in [6.45, 7) is 6.87. The smallest absolute Gasteiger partial charge is 0.355 e. The van der Waals surface area contributed by atoms with Crippen LogP contribution in [0.15, 0.2) is 30.3 Å².